The molecular weight excluding hydrogens is 307 g/mol. The third-order valence-electron chi connectivity index (χ3n) is 3.74. The van der Waals surface area contributed by atoms with Crippen LogP contribution in [-0.4, -0.2) is 39.0 Å². The fraction of sp³-hybridized carbons (Fsp3) is 0.533. The summed E-state index contributed by atoms with van der Waals surface area (Å²) in [5.41, 5.74) is -0.422. The zero-order chi connectivity index (χ0) is 16.2. The van der Waals surface area contributed by atoms with E-state index in [1.165, 1.54) is 16.4 Å². The molecule has 1 heterocycles. The molecule has 7 heteroatoms. The smallest absolute Gasteiger partial charge is 0.244 e. The molecule has 0 spiro atoms. The summed E-state index contributed by atoms with van der Waals surface area (Å²) in [7, 11) is -3.87. The van der Waals surface area contributed by atoms with Gasteiger partial charge >= 0.3 is 0 Å². The van der Waals surface area contributed by atoms with Crippen LogP contribution in [0.15, 0.2) is 23.1 Å². The molecule has 1 aromatic carbocycles. The van der Waals surface area contributed by atoms with Crippen molar-refractivity contribution in [3.05, 3.63) is 29.6 Å². The Labute approximate surface area is 130 Å². The van der Waals surface area contributed by atoms with Gasteiger partial charge in [0.1, 0.15) is 22.3 Å². The van der Waals surface area contributed by atoms with Gasteiger partial charge in [0.2, 0.25) is 10.0 Å². The first-order chi connectivity index (χ1) is 10.5. The summed E-state index contributed by atoms with van der Waals surface area (Å²) in [6.07, 6.45) is 1.63. The van der Waals surface area contributed by atoms with Gasteiger partial charge in [-0.3, -0.25) is 0 Å². The Morgan fingerprint density at radius 1 is 1.50 bits per heavy atom. The van der Waals surface area contributed by atoms with E-state index in [1.54, 1.807) is 6.07 Å². The van der Waals surface area contributed by atoms with E-state index in [0.717, 1.165) is 18.9 Å². The Morgan fingerprint density at radius 2 is 2.27 bits per heavy atom. The molecule has 0 amide bonds. The number of ether oxygens (including phenoxy) is 1. The molecule has 1 fully saturated rings. The van der Waals surface area contributed by atoms with Crippen LogP contribution in [0.4, 0.5) is 4.39 Å². The summed E-state index contributed by atoms with van der Waals surface area (Å²) >= 11 is 0. The molecule has 1 aliphatic rings. The first-order valence-corrected chi connectivity index (χ1v) is 8.71. The van der Waals surface area contributed by atoms with Crippen molar-refractivity contribution in [2.24, 2.45) is 5.92 Å². The number of hydrogen-bond acceptors (Lipinski definition) is 4. The monoisotopic (exact) mass is 326 g/mol. The van der Waals surface area contributed by atoms with Crippen LogP contribution in [0, 0.1) is 23.1 Å². The highest BCUT2D eigenvalue weighted by molar-refractivity contribution is 7.89. The largest absolute Gasteiger partial charge is 0.381 e. The lowest BCUT2D eigenvalue weighted by Gasteiger charge is -2.31. The van der Waals surface area contributed by atoms with E-state index in [2.05, 4.69) is 0 Å². The van der Waals surface area contributed by atoms with Gasteiger partial charge in [0, 0.05) is 19.7 Å². The molecule has 1 saturated heterocycles. The van der Waals surface area contributed by atoms with Crippen LogP contribution < -0.4 is 0 Å². The van der Waals surface area contributed by atoms with E-state index >= 15 is 0 Å². The summed E-state index contributed by atoms with van der Waals surface area (Å²) < 4.78 is 45.8. The van der Waals surface area contributed by atoms with Gasteiger partial charge in [-0.05, 0) is 37.8 Å². The molecule has 22 heavy (non-hydrogen) atoms. The van der Waals surface area contributed by atoms with E-state index < -0.39 is 21.4 Å². The predicted molar refractivity (Wildman–Crippen MR) is 79.1 cm³/mol. The second-order valence-corrected chi connectivity index (χ2v) is 7.16. The Morgan fingerprint density at radius 3 is 2.95 bits per heavy atom. The first-order valence-electron chi connectivity index (χ1n) is 7.27. The number of sulfonamides is 1. The first kappa shape index (κ1) is 16.9. The van der Waals surface area contributed by atoms with Crippen LogP contribution in [-0.2, 0) is 14.8 Å². The number of hydrogen-bond donors (Lipinski definition) is 0. The van der Waals surface area contributed by atoms with E-state index in [4.69, 9.17) is 10.00 Å². The second kappa shape index (κ2) is 7.18. The lowest BCUT2D eigenvalue weighted by molar-refractivity contribution is 0.0864. The molecule has 5 nitrogen and oxygen atoms in total. The third kappa shape index (κ3) is 3.46. The van der Waals surface area contributed by atoms with Crippen LogP contribution in [0.2, 0.25) is 0 Å². The average Bonchev–Trinajstić information content (AvgIpc) is 2.53. The van der Waals surface area contributed by atoms with Gasteiger partial charge in [0.25, 0.3) is 0 Å². The molecule has 0 aromatic heterocycles. The Hall–Kier alpha value is -1.49. The van der Waals surface area contributed by atoms with Crippen LogP contribution in [0.3, 0.4) is 0 Å². The molecule has 2 rings (SSSR count). The lowest BCUT2D eigenvalue weighted by Crippen LogP contribution is -2.41. The number of nitrogens with zero attached hydrogens (tertiary/aromatic N) is 2. The summed E-state index contributed by atoms with van der Waals surface area (Å²) in [6, 6.07) is 5.33. The van der Waals surface area contributed by atoms with Crippen molar-refractivity contribution in [2.45, 2.75) is 24.7 Å². The minimum atomic E-state index is -3.87. The summed E-state index contributed by atoms with van der Waals surface area (Å²) in [5, 5.41) is 9.04. The normalized spacial score (nSPS) is 19.8. The van der Waals surface area contributed by atoms with E-state index in [9.17, 15) is 12.8 Å². The average molecular weight is 326 g/mol. The summed E-state index contributed by atoms with van der Waals surface area (Å²) in [4.78, 5) is -0.257. The number of rotatable bonds is 5. The lowest BCUT2D eigenvalue weighted by atomic mass is 10.0. The van der Waals surface area contributed by atoms with Crippen molar-refractivity contribution in [3.63, 3.8) is 0 Å². The van der Waals surface area contributed by atoms with Crippen molar-refractivity contribution in [1.29, 1.82) is 5.26 Å². The van der Waals surface area contributed by atoms with Crippen molar-refractivity contribution < 1.29 is 17.5 Å². The van der Waals surface area contributed by atoms with Gasteiger partial charge < -0.3 is 4.74 Å². The minimum absolute atomic E-state index is 0.127. The van der Waals surface area contributed by atoms with Gasteiger partial charge in [-0.15, -0.1) is 0 Å². The quantitative estimate of drug-likeness (QED) is 0.831. The molecule has 0 bridgehead atoms. The fourth-order valence-corrected chi connectivity index (χ4v) is 4.34. The highest BCUT2D eigenvalue weighted by Crippen LogP contribution is 2.26. The molecule has 0 radical (unpaired) electrons. The molecule has 1 aromatic rings. The van der Waals surface area contributed by atoms with E-state index in [1.807, 2.05) is 6.92 Å². The van der Waals surface area contributed by atoms with Crippen molar-refractivity contribution in [2.75, 3.05) is 26.3 Å². The number of piperidine rings is 1. The highest BCUT2D eigenvalue weighted by atomic mass is 32.2. The van der Waals surface area contributed by atoms with Gasteiger partial charge in [-0.2, -0.15) is 9.57 Å². The minimum Gasteiger partial charge on any atom is -0.381 e. The predicted octanol–water partition coefficient (Wildman–Crippen LogP) is 2.13. The second-order valence-electron chi connectivity index (χ2n) is 5.26. The van der Waals surface area contributed by atoms with Gasteiger partial charge in [-0.25, -0.2) is 12.8 Å². The van der Waals surface area contributed by atoms with Crippen molar-refractivity contribution >= 4 is 10.0 Å². The molecule has 0 unspecified atom stereocenters. The molecule has 0 N–H and O–H groups in total. The van der Waals surface area contributed by atoms with Crippen LogP contribution in [0.5, 0.6) is 0 Å². The van der Waals surface area contributed by atoms with Crippen LogP contribution in [0.25, 0.3) is 0 Å². The number of halogens is 1. The number of benzene rings is 1. The fourth-order valence-electron chi connectivity index (χ4n) is 2.63. The molecular formula is C15H19FN2O3S. The molecule has 120 valence electrons. The standard InChI is InChI=1S/C15H19FN2O3S/c1-2-21-11-12-5-4-8-18(10-12)22(19,20)15-7-3-6-14(16)13(15)9-17/h3,6-7,12H,2,4-5,8,10-11H2,1H3/t12-/m1/s1. The molecule has 0 saturated carbocycles. The SMILES string of the molecule is CCOC[C@@H]1CCCN(S(=O)(=O)c2cccc(F)c2C#N)C1. The maximum atomic E-state index is 13.7. The maximum Gasteiger partial charge on any atom is 0.244 e. The van der Waals surface area contributed by atoms with E-state index in [0.29, 0.717) is 26.3 Å². The molecule has 1 aliphatic heterocycles. The van der Waals surface area contributed by atoms with Gasteiger partial charge in [0.05, 0.1) is 6.61 Å². The van der Waals surface area contributed by atoms with Crippen LogP contribution in [0.1, 0.15) is 25.3 Å². The topological polar surface area (TPSA) is 70.4 Å². The van der Waals surface area contributed by atoms with Gasteiger partial charge in [0.15, 0.2) is 0 Å². The Balaban J connectivity index is 2.27. The highest BCUT2D eigenvalue weighted by Gasteiger charge is 2.32. The summed E-state index contributed by atoms with van der Waals surface area (Å²) in [6.45, 7) is 3.71. The Bertz CT molecular complexity index is 670. The number of nitriles is 1. The van der Waals surface area contributed by atoms with Crippen molar-refractivity contribution in [1.82, 2.24) is 4.31 Å². The molecule has 0 aliphatic carbocycles. The van der Waals surface area contributed by atoms with E-state index in [-0.39, 0.29) is 10.8 Å². The summed E-state index contributed by atoms with van der Waals surface area (Å²) in [5.74, 6) is -0.686. The zero-order valence-corrected chi connectivity index (χ0v) is 13.3. The van der Waals surface area contributed by atoms with Crippen LogP contribution >= 0.6 is 0 Å². The van der Waals surface area contributed by atoms with Crippen molar-refractivity contribution in [3.8, 4) is 6.07 Å². The maximum absolute atomic E-state index is 13.7. The molecule has 1 atom stereocenters. The Kier molecular flexibility index (Phi) is 5.51. The third-order valence-corrected chi connectivity index (χ3v) is 5.65. The zero-order valence-electron chi connectivity index (χ0n) is 12.5. The van der Waals surface area contributed by atoms with Gasteiger partial charge in [-0.1, -0.05) is 6.07 Å².